The van der Waals surface area contributed by atoms with Crippen molar-refractivity contribution in [3.05, 3.63) is 96.1 Å². The van der Waals surface area contributed by atoms with Crippen molar-refractivity contribution >= 4 is 27.5 Å². The smallest absolute Gasteiger partial charge is 0.237 e. The number of nitrogens with one attached hydrogen (secondary N) is 1. The van der Waals surface area contributed by atoms with Gasteiger partial charge in [0.2, 0.25) is 5.91 Å². The predicted octanol–water partition coefficient (Wildman–Crippen LogP) is 4.51. The van der Waals surface area contributed by atoms with Crippen LogP contribution in [0.3, 0.4) is 0 Å². The van der Waals surface area contributed by atoms with E-state index in [-0.39, 0.29) is 18.0 Å². The third kappa shape index (κ3) is 2.67. The summed E-state index contributed by atoms with van der Waals surface area (Å²) in [7, 11) is 1.90. The maximum Gasteiger partial charge on any atom is 0.237 e. The fourth-order valence-electron chi connectivity index (χ4n) is 4.50. The number of fused-ring (bicyclic) bond motifs is 2. The highest BCUT2D eigenvalue weighted by atomic mass is 16.2. The summed E-state index contributed by atoms with van der Waals surface area (Å²) >= 11 is 0. The third-order valence-corrected chi connectivity index (χ3v) is 5.91. The lowest BCUT2D eigenvalue weighted by atomic mass is 9.83. The summed E-state index contributed by atoms with van der Waals surface area (Å²) in [6.45, 7) is 0.382. The maximum absolute atomic E-state index is 12.3. The Balaban J connectivity index is 1.80. The topological polar surface area (TPSA) is 32.3 Å². The second kappa shape index (κ2) is 6.77. The molecular formula is C25H22N2O. The molecule has 3 nitrogen and oxygen atoms in total. The molecular weight excluding hydrogens is 344 g/mol. The van der Waals surface area contributed by atoms with Crippen LogP contribution in [0.5, 0.6) is 0 Å². The predicted molar refractivity (Wildman–Crippen MR) is 114 cm³/mol. The molecule has 0 spiro atoms. The van der Waals surface area contributed by atoms with E-state index < -0.39 is 0 Å². The first kappa shape index (κ1) is 17.0. The van der Waals surface area contributed by atoms with Gasteiger partial charge in [-0.25, -0.2) is 0 Å². The molecule has 1 heterocycles. The monoisotopic (exact) mass is 366 g/mol. The molecule has 5 rings (SSSR count). The molecule has 4 aromatic carbocycles. The van der Waals surface area contributed by atoms with Gasteiger partial charge in [0.25, 0.3) is 0 Å². The van der Waals surface area contributed by atoms with Gasteiger partial charge in [0.1, 0.15) is 0 Å². The summed E-state index contributed by atoms with van der Waals surface area (Å²) in [5.41, 5.74) is 2.49. The van der Waals surface area contributed by atoms with Crippen LogP contribution in [0.1, 0.15) is 17.0 Å². The van der Waals surface area contributed by atoms with Gasteiger partial charge in [0.15, 0.2) is 0 Å². The zero-order valence-corrected chi connectivity index (χ0v) is 15.8. The number of carbonyl (C=O) groups excluding carboxylic acids is 1. The highest BCUT2D eigenvalue weighted by Gasteiger charge is 2.36. The average molecular weight is 366 g/mol. The molecule has 1 N–H and O–H groups in total. The fourth-order valence-corrected chi connectivity index (χ4v) is 4.50. The molecule has 28 heavy (non-hydrogen) atoms. The van der Waals surface area contributed by atoms with Crippen molar-refractivity contribution in [2.24, 2.45) is 0 Å². The Labute approximate surface area is 164 Å². The Bertz CT molecular complexity index is 1090. The standard InChI is InChI=1S/C25H22N2O/c1-27-23(28)16-26-25(27)24(21-14-6-10-17-8-2-4-12-19(17)21)22-15-7-11-18-9-3-5-13-20(18)22/h2-15,24-26H,16H2,1H3/t25-/m1/s1. The van der Waals surface area contributed by atoms with E-state index in [4.69, 9.17) is 0 Å². The largest absolute Gasteiger partial charge is 0.328 e. The summed E-state index contributed by atoms with van der Waals surface area (Å²) < 4.78 is 0. The first-order chi connectivity index (χ1) is 13.7. The molecule has 0 bridgehead atoms. The quantitative estimate of drug-likeness (QED) is 0.578. The number of nitrogens with zero attached hydrogens (tertiary/aromatic N) is 1. The molecule has 1 aliphatic rings. The van der Waals surface area contributed by atoms with E-state index in [1.165, 1.54) is 32.7 Å². The number of hydrogen-bond donors (Lipinski definition) is 1. The summed E-state index contributed by atoms with van der Waals surface area (Å²) in [6, 6.07) is 29.9. The molecule has 138 valence electrons. The van der Waals surface area contributed by atoms with Crippen molar-refractivity contribution in [2.75, 3.05) is 13.6 Å². The fraction of sp³-hybridized carbons (Fsp3) is 0.160. The molecule has 4 aromatic rings. The zero-order chi connectivity index (χ0) is 19.1. The Morgan fingerprint density at radius 1 is 0.786 bits per heavy atom. The maximum atomic E-state index is 12.3. The van der Waals surface area contributed by atoms with Crippen molar-refractivity contribution in [2.45, 2.75) is 12.1 Å². The van der Waals surface area contributed by atoms with Crippen molar-refractivity contribution in [1.29, 1.82) is 0 Å². The zero-order valence-electron chi connectivity index (χ0n) is 15.8. The second-order valence-corrected chi connectivity index (χ2v) is 7.44. The molecule has 0 aliphatic carbocycles. The van der Waals surface area contributed by atoms with Crippen LogP contribution in [-0.4, -0.2) is 30.6 Å². The lowest BCUT2D eigenvalue weighted by Gasteiger charge is -2.31. The van der Waals surface area contributed by atoms with Gasteiger partial charge >= 0.3 is 0 Å². The summed E-state index contributed by atoms with van der Waals surface area (Å²) in [5.74, 6) is 0.170. The molecule has 3 heteroatoms. The van der Waals surface area contributed by atoms with Crippen LogP contribution >= 0.6 is 0 Å². The first-order valence-corrected chi connectivity index (χ1v) is 9.68. The number of likely N-dealkylation sites (N-methyl/N-ethyl adjacent to an activating group) is 1. The third-order valence-electron chi connectivity index (χ3n) is 5.91. The number of carbonyl (C=O) groups is 1. The lowest BCUT2D eigenvalue weighted by molar-refractivity contribution is -0.126. The van der Waals surface area contributed by atoms with E-state index in [1.54, 1.807) is 0 Å². The number of benzene rings is 4. The minimum absolute atomic E-state index is 0.0358. The summed E-state index contributed by atoms with van der Waals surface area (Å²) in [6.07, 6.45) is -0.0795. The van der Waals surface area contributed by atoms with Gasteiger partial charge in [-0.05, 0) is 32.7 Å². The molecule has 0 aromatic heterocycles. The van der Waals surface area contributed by atoms with Crippen LogP contribution < -0.4 is 5.32 Å². The highest BCUT2D eigenvalue weighted by Crippen LogP contribution is 2.38. The van der Waals surface area contributed by atoms with Crippen LogP contribution in [0.15, 0.2) is 84.9 Å². The Morgan fingerprint density at radius 3 is 1.79 bits per heavy atom. The van der Waals surface area contributed by atoms with Gasteiger partial charge in [-0.2, -0.15) is 0 Å². The Morgan fingerprint density at radius 2 is 1.29 bits per heavy atom. The van der Waals surface area contributed by atoms with E-state index in [1.807, 2.05) is 11.9 Å². The van der Waals surface area contributed by atoms with Gasteiger partial charge in [-0.1, -0.05) is 84.9 Å². The Kier molecular flexibility index (Phi) is 4.10. The van der Waals surface area contributed by atoms with E-state index >= 15 is 0 Å². The van der Waals surface area contributed by atoms with Crippen molar-refractivity contribution in [3.8, 4) is 0 Å². The molecule has 1 amide bonds. The van der Waals surface area contributed by atoms with Crippen LogP contribution in [0.2, 0.25) is 0 Å². The SMILES string of the molecule is CN1C(=O)CN[C@H]1C(c1cccc2ccccc12)c1cccc2ccccc12. The number of rotatable bonds is 3. The molecule has 1 aliphatic heterocycles. The lowest BCUT2D eigenvalue weighted by Crippen LogP contribution is -2.40. The van der Waals surface area contributed by atoms with Gasteiger partial charge in [0, 0.05) is 13.0 Å². The normalized spacial score (nSPS) is 17.1. The van der Waals surface area contributed by atoms with Crippen LogP contribution in [0, 0.1) is 0 Å². The average Bonchev–Trinajstić information content (AvgIpc) is 3.07. The van der Waals surface area contributed by atoms with Crippen molar-refractivity contribution < 1.29 is 4.79 Å². The summed E-state index contributed by atoms with van der Waals surface area (Å²) in [4.78, 5) is 14.2. The minimum atomic E-state index is -0.0795. The van der Waals surface area contributed by atoms with Crippen molar-refractivity contribution in [1.82, 2.24) is 10.2 Å². The van der Waals surface area contributed by atoms with E-state index in [0.717, 1.165) is 0 Å². The molecule has 0 saturated carbocycles. The van der Waals surface area contributed by atoms with Crippen LogP contribution in [0.25, 0.3) is 21.5 Å². The van der Waals surface area contributed by atoms with E-state index in [0.29, 0.717) is 6.54 Å². The molecule has 1 fully saturated rings. The van der Waals surface area contributed by atoms with Gasteiger partial charge in [0.05, 0.1) is 12.7 Å². The van der Waals surface area contributed by atoms with Gasteiger partial charge < -0.3 is 4.90 Å². The molecule has 0 radical (unpaired) electrons. The minimum Gasteiger partial charge on any atom is -0.328 e. The number of hydrogen-bond acceptors (Lipinski definition) is 2. The number of amides is 1. The molecule has 1 atom stereocenters. The molecule has 1 saturated heterocycles. The first-order valence-electron chi connectivity index (χ1n) is 9.68. The van der Waals surface area contributed by atoms with E-state index in [9.17, 15) is 4.79 Å². The van der Waals surface area contributed by atoms with Gasteiger partial charge in [-0.3, -0.25) is 10.1 Å². The Hall–Kier alpha value is -3.17. The van der Waals surface area contributed by atoms with E-state index in [2.05, 4.69) is 90.2 Å². The molecule has 0 unspecified atom stereocenters. The highest BCUT2D eigenvalue weighted by molar-refractivity contribution is 5.91. The van der Waals surface area contributed by atoms with Crippen LogP contribution in [-0.2, 0) is 4.79 Å². The van der Waals surface area contributed by atoms with Gasteiger partial charge in [-0.15, -0.1) is 0 Å². The van der Waals surface area contributed by atoms with Crippen LogP contribution in [0.4, 0.5) is 0 Å². The summed E-state index contributed by atoms with van der Waals surface area (Å²) in [5, 5.41) is 8.37. The second-order valence-electron chi connectivity index (χ2n) is 7.44. The van der Waals surface area contributed by atoms with Crippen molar-refractivity contribution in [3.63, 3.8) is 0 Å².